The minimum absolute atomic E-state index is 0.0361. The van der Waals surface area contributed by atoms with Crippen LogP contribution in [-0.4, -0.2) is 53.9 Å². The van der Waals surface area contributed by atoms with Gasteiger partial charge in [-0.15, -0.1) is 0 Å². The first-order valence-corrected chi connectivity index (χ1v) is 9.26. The molecule has 2 aromatic rings. The molecule has 0 unspecified atom stereocenters. The van der Waals surface area contributed by atoms with Gasteiger partial charge >= 0.3 is 6.01 Å². The van der Waals surface area contributed by atoms with E-state index in [0.29, 0.717) is 4.31 Å². The molecule has 27 heavy (non-hydrogen) atoms. The molecule has 1 amide bonds. The summed E-state index contributed by atoms with van der Waals surface area (Å²) in [5.74, 6) is -0.749. The van der Waals surface area contributed by atoms with E-state index in [1.165, 1.54) is 18.2 Å². The molecule has 12 heteroatoms. The average Bonchev–Trinajstić information content (AvgIpc) is 2.86. The van der Waals surface area contributed by atoms with Crippen LogP contribution in [0.1, 0.15) is 17.3 Å². The number of hydrogen-bond acceptors (Lipinski definition) is 10. The Bertz CT molecular complexity index is 1030. The van der Waals surface area contributed by atoms with Gasteiger partial charge in [-0.05, 0) is 19.1 Å². The van der Waals surface area contributed by atoms with Gasteiger partial charge in [-0.25, -0.2) is 17.6 Å². The summed E-state index contributed by atoms with van der Waals surface area (Å²) in [6, 6.07) is 5.81. The van der Waals surface area contributed by atoms with E-state index in [-0.39, 0.29) is 35.0 Å². The van der Waals surface area contributed by atoms with Crippen LogP contribution in [0, 0.1) is 11.5 Å². The zero-order valence-corrected chi connectivity index (χ0v) is 15.3. The fourth-order valence-electron chi connectivity index (χ4n) is 2.41. The number of carbonyl (C=O) groups is 1. The van der Waals surface area contributed by atoms with Crippen LogP contribution in [0.3, 0.4) is 0 Å². The summed E-state index contributed by atoms with van der Waals surface area (Å²) in [5.41, 5.74) is 0.0527. The number of rotatable bonds is 6. The van der Waals surface area contributed by atoms with Crippen molar-refractivity contribution in [3.63, 3.8) is 0 Å². The van der Waals surface area contributed by atoms with Gasteiger partial charge in [-0.2, -0.15) is 20.2 Å². The Kier molecular flexibility index (Phi) is 4.78. The van der Waals surface area contributed by atoms with Crippen LogP contribution in [0.15, 0.2) is 29.2 Å². The molecule has 0 spiro atoms. The molecule has 1 aliphatic rings. The molecule has 3 rings (SSSR count). The first-order chi connectivity index (χ1) is 12.9. The third-order valence-corrected chi connectivity index (χ3v) is 5.42. The van der Waals surface area contributed by atoms with E-state index in [4.69, 9.17) is 4.74 Å². The van der Waals surface area contributed by atoms with Gasteiger partial charge in [0.2, 0.25) is 11.9 Å². The van der Waals surface area contributed by atoms with Crippen molar-refractivity contribution in [1.82, 2.24) is 19.3 Å². The van der Waals surface area contributed by atoms with Gasteiger partial charge in [0, 0.05) is 7.05 Å². The maximum atomic E-state index is 12.6. The van der Waals surface area contributed by atoms with Gasteiger partial charge in [-0.3, -0.25) is 4.79 Å². The second-order valence-electron chi connectivity index (χ2n) is 5.25. The minimum Gasteiger partial charge on any atom is -0.464 e. The largest absolute Gasteiger partial charge is 0.464 e. The fourth-order valence-corrected chi connectivity index (χ4v) is 3.92. The van der Waals surface area contributed by atoms with E-state index < -0.39 is 22.6 Å². The molecule has 0 atom stereocenters. The number of sulfonamides is 1. The maximum Gasteiger partial charge on any atom is 0.323 e. The smallest absolute Gasteiger partial charge is 0.323 e. The summed E-state index contributed by atoms with van der Waals surface area (Å²) < 4.78 is 31.1. The van der Waals surface area contributed by atoms with Gasteiger partial charge in [0.25, 0.3) is 15.9 Å². The average molecular weight is 389 g/mol. The second-order valence-corrected chi connectivity index (χ2v) is 7.08. The standard InChI is InChI=1S/C15H15N7O4S/c1-3-26-15-19-13(17-2)18-14(20-15)21(8-16)9-22-12(23)10-6-4-5-7-11(10)27(22,24)25/h4-7H,3,9H2,1-2H3,(H,17,18,19,20). The predicted molar refractivity (Wildman–Crippen MR) is 93.3 cm³/mol. The fraction of sp³-hybridized carbons (Fsp3) is 0.267. The number of fused-ring (bicyclic) bond motifs is 1. The molecule has 0 saturated carbocycles. The highest BCUT2D eigenvalue weighted by Crippen LogP contribution is 2.30. The quantitative estimate of drug-likeness (QED) is 0.545. The third kappa shape index (κ3) is 3.20. The molecular weight excluding hydrogens is 374 g/mol. The van der Waals surface area contributed by atoms with Crippen molar-refractivity contribution in [3.8, 4) is 12.2 Å². The van der Waals surface area contributed by atoms with Crippen LogP contribution in [-0.2, 0) is 10.0 Å². The molecule has 2 heterocycles. The van der Waals surface area contributed by atoms with Crippen molar-refractivity contribution in [2.24, 2.45) is 0 Å². The van der Waals surface area contributed by atoms with Crippen molar-refractivity contribution >= 4 is 27.8 Å². The molecule has 0 saturated heterocycles. The van der Waals surface area contributed by atoms with Crippen LogP contribution >= 0.6 is 0 Å². The second kappa shape index (κ2) is 7.04. The van der Waals surface area contributed by atoms with Crippen molar-refractivity contribution in [2.75, 3.05) is 30.5 Å². The molecule has 0 fully saturated rings. The molecular formula is C15H15N7O4S. The Hall–Kier alpha value is -3.46. The highest BCUT2D eigenvalue weighted by atomic mass is 32.2. The van der Waals surface area contributed by atoms with Gasteiger partial charge in [-0.1, -0.05) is 12.1 Å². The number of benzene rings is 1. The van der Waals surface area contributed by atoms with E-state index in [2.05, 4.69) is 20.3 Å². The summed E-state index contributed by atoms with van der Waals surface area (Å²) in [7, 11) is -2.51. The number of nitrogens with zero attached hydrogens (tertiary/aromatic N) is 6. The minimum atomic E-state index is -4.07. The normalized spacial score (nSPS) is 14.4. The zero-order chi connectivity index (χ0) is 19.6. The summed E-state index contributed by atoms with van der Waals surface area (Å²) >= 11 is 0. The molecule has 0 radical (unpaired) electrons. The highest BCUT2D eigenvalue weighted by Gasteiger charge is 2.42. The molecule has 0 bridgehead atoms. The molecule has 0 aliphatic carbocycles. The van der Waals surface area contributed by atoms with Crippen molar-refractivity contribution in [1.29, 1.82) is 5.26 Å². The van der Waals surface area contributed by atoms with Gasteiger partial charge in [0.15, 0.2) is 6.19 Å². The third-order valence-electron chi connectivity index (χ3n) is 3.64. The molecule has 1 aromatic heterocycles. The lowest BCUT2D eigenvalue weighted by Gasteiger charge is -2.21. The zero-order valence-electron chi connectivity index (χ0n) is 14.4. The van der Waals surface area contributed by atoms with E-state index in [9.17, 15) is 18.5 Å². The lowest BCUT2D eigenvalue weighted by Crippen LogP contribution is -2.40. The van der Waals surface area contributed by atoms with Crippen LogP contribution in [0.5, 0.6) is 6.01 Å². The molecule has 1 aliphatic heterocycles. The lowest BCUT2D eigenvalue weighted by molar-refractivity contribution is 0.0873. The molecule has 140 valence electrons. The maximum absolute atomic E-state index is 12.6. The Morgan fingerprint density at radius 1 is 1.30 bits per heavy atom. The van der Waals surface area contributed by atoms with Crippen molar-refractivity contribution < 1.29 is 17.9 Å². The van der Waals surface area contributed by atoms with Gasteiger partial charge < -0.3 is 10.1 Å². The Balaban J connectivity index is 1.96. The predicted octanol–water partition coefficient (Wildman–Crippen LogP) is 0.402. The number of anilines is 2. The monoisotopic (exact) mass is 389 g/mol. The number of carbonyl (C=O) groups excluding carboxylic acids is 1. The summed E-state index contributed by atoms with van der Waals surface area (Å²) in [5, 5.41) is 12.2. The SMILES string of the molecule is CCOc1nc(NC)nc(N(C#N)CN2C(=O)c3ccccc3S2(=O)=O)n1. The van der Waals surface area contributed by atoms with E-state index in [1.54, 1.807) is 26.2 Å². The molecule has 11 nitrogen and oxygen atoms in total. The number of ether oxygens (including phenoxy) is 1. The Morgan fingerprint density at radius 3 is 2.67 bits per heavy atom. The van der Waals surface area contributed by atoms with Crippen molar-refractivity contribution in [2.45, 2.75) is 11.8 Å². The van der Waals surface area contributed by atoms with Gasteiger partial charge in [0.05, 0.1) is 12.2 Å². The van der Waals surface area contributed by atoms with Gasteiger partial charge in [0.1, 0.15) is 11.6 Å². The van der Waals surface area contributed by atoms with E-state index in [0.717, 1.165) is 4.90 Å². The topological polar surface area (TPSA) is 141 Å². The summed E-state index contributed by atoms with van der Waals surface area (Å²) in [6.45, 7) is 1.44. The number of amides is 1. The van der Waals surface area contributed by atoms with Crippen LogP contribution in [0.2, 0.25) is 0 Å². The van der Waals surface area contributed by atoms with Crippen LogP contribution < -0.4 is 15.0 Å². The Morgan fingerprint density at radius 2 is 2.04 bits per heavy atom. The van der Waals surface area contributed by atoms with Crippen molar-refractivity contribution in [3.05, 3.63) is 29.8 Å². The highest BCUT2D eigenvalue weighted by molar-refractivity contribution is 7.90. The van der Waals surface area contributed by atoms with E-state index in [1.807, 2.05) is 0 Å². The number of nitrogens with one attached hydrogen (secondary N) is 1. The van der Waals surface area contributed by atoms with Crippen LogP contribution in [0.4, 0.5) is 11.9 Å². The van der Waals surface area contributed by atoms with Crippen LogP contribution in [0.25, 0.3) is 0 Å². The first-order valence-electron chi connectivity index (χ1n) is 7.82. The summed E-state index contributed by atoms with van der Waals surface area (Å²) in [6.07, 6.45) is 1.79. The summed E-state index contributed by atoms with van der Waals surface area (Å²) in [4.78, 5) is 25.3. The first kappa shape index (κ1) is 18.3. The number of aromatic nitrogens is 3. The number of nitriles is 1. The van der Waals surface area contributed by atoms with E-state index >= 15 is 0 Å². The molecule has 1 aromatic carbocycles. The lowest BCUT2D eigenvalue weighted by atomic mass is 10.2. The molecule has 1 N–H and O–H groups in total. The number of hydrogen-bond donors (Lipinski definition) is 1. The Labute approximate surface area is 155 Å².